The summed E-state index contributed by atoms with van der Waals surface area (Å²) in [5, 5.41) is 6.47. The maximum absolute atomic E-state index is 13.3. The molecule has 164 valence electrons. The van der Waals surface area contributed by atoms with Crippen molar-refractivity contribution in [3.8, 4) is 22.8 Å². The van der Waals surface area contributed by atoms with E-state index >= 15 is 0 Å². The highest BCUT2D eigenvalue weighted by Crippen LogP contribution is 2.33. The summed E-state index contributed by atoms with van der Waals surface area (Å²) in [5.74, 6) is 0.807. The number of fused-ring (bicyclic) bond motifs is 2. The van der Waals surface area contributed by atoms with Crippen LogP contribution in [0.15, 0.2) is 72.8 Å². The van der Waals surface area contributed by atoms with Crippen LogP contribution in [0.1, 0.15) is 17.3 Å². The molecule has 0 spiro atoms. The standard InChI is InChI=1S/C26H21N3O4/c1-15-25(30)29-23-13-17(9-12-24(23)33-15)27-26(31)20-14-22(16-7-10-18(32-2)11-8-16)28-21-6-4-3-5-19(20)21/h3-15H,1-2H3,(H,27,31)(H,29,30)/t15-/m0/s1. The number of anilines is 2. The summed E-state index contributed by atoms with van der Waals surface area (Å²) in [4.78, 5) is 30.0. The number of ether oxygens (including phenoxy) is 2. The van der Waals surface area contributed by atoms with Crippen molar-refractivity contribution in [2.45, 2.75) is 13.0 Å². The van der Waals surface area contributed by atoms with Crippen molar-refractivity contribution in [1.29, 1.82) is 0 Å². The van der Waals surface area contributed by atoms with Gasteiger partial charge in [0.1, 0.15) is 11.5 Å². The third-order valence-corrected chi connectivity index (χ3v) is 5.51. The number of amides is 2. The van der Waals surface area contributed by atoms with E-state index in [9.17, 15) is 9.59 Å². The van der Waals surface area contributed by atoms with Gasteiger partial charge in [0.25, 0.3) is 11.8 Å². The SMILES string of the molecule is COc1ccc(-c2cc(C(=O)Nc3ccc4c(c3)NC(=O)[C@H](C)O4)c3ccccc3n2)cc1. The summed E-state index contributed by atoms with van der Waals surface area (Å²) in [6, 6.07) is 22.0. The molecule has 2 N–H and O–H groups in total. The van der Waals surface area contributed by atoms with Crippen molar-refractivity contribution >= 4 is 34.1 Å². The van der Waals surface area contributed by atoms with Gasteiger partial charge in [0.15, 0.2) is 6.10 Å². The molecule has 1 aliphatic rings. The number of nitrogens with one attached hydrogen (secondary N) is 2. The first-order valence-corrected chi connectivity index (χ1v) is 10.5. The molecule has 2 amide bonds. The van der Waals surface area contributed by atoms with Gasteiger partial charge in [-0.25, -0.2) is 4.98 Å². The molecule has 33 heavy (non-hydrogen) atoms. The minimum Gasteiger partial charge on any atom is -0.497 e. The lowest BCUT2D eigenvalue weighted by Gasteiger charge is -2.23. The Morgan fingerprint density at radius 2 is 1.85 bits per heavy atom. The van der Waals surface area contributed by atoms with Crippen molar-refractivity contribution in [2.24, 2.45) is 0 Å². The van der Waals surface area contributed by atoms with Crippen LogP contribution in [0.4, 0.5) is 11.4 Å². The molecule has 0 saturated carbocycles. The zero-order valence-electron chi connectivity index (χ0n) is 18.1. The number of carbonyl (C=O) groups is 2. The number of methoxy groups -OCH3 is 1. The van der Waals surface area contributed by atoms with E-state index in [1.165, 1.54) is 0 Å². The second-order valence-corrected chi connectivity index (χ2v) is 7.72. The van der Waals surface area contributed by atoms with Crippen LogP contribution in [-0.4, -0.2) is 30.0 Å². The van der Waals surface area contributed by atoms with E-state index in [2.05, 4.69) is 10.6 Å². The number of hydrogen-bond acceptors (Lipinski definition) is 5. The van der Waals surface area contributed by atoms with Crippen LogP contribution in [0.3, 0.4) is 0 Å². The summed E-state index contributed by atoms with van der Waals surface area (Å²) in [6.07, 6.45) is -0.558. The average molecular weight is 439 g/mol. The third kappa shape index (κ3) is 3.96. The van der Waals surface area contributed by atoms with E-state index in [0.717, 1.165) is 22.2 Å². The van der Waals surface area contributed by atoms with Gasteiger partial charge >= 0.3 is 0 Å². The molecule has 0 unspecified atom stereocenters. The van der Waals surface area contributed by atoms with E-state index in [1.54, 1.807) is 38.3 Å². The molecule has 0 aliphatic carbocycles. The Morgan fingerprint density at radius 3 is 2.64 bits per heavy atom. The highest BCUT2D eigenvalue weighted by Gasteiger charge is 2.24. The largest absolute Gasteiger partial charge is 0.497 e. The molecule has 7 nitrogen and oxygen atoms in total. The number of benzene rings is 3. The summed E-state index contributed by atoms with van der Waals surface area (Å²) in [7, 11) is 1.62. The highest BCUT2D eigenvalue weighted by molar-refractivity contribution is 6.13. The number of pyridine rings is 1. The fourth-order valence-corrected chi connectivity index (χ4v) is 3.76. The highest BCUT2D eigenvalue weighted by atomic mass is 16.5. The Hall–Kier alpha value is -4.39. The second kappa shape index (κ2) is 8.27. The van der Waals surface area contributed by atoms with Crippen LogP contribution in [0.25, 0.3) is 22.2 Å². The molecular formula is C26H21N3O4. The van der Waals surface area contributed by atoms with Gasteiger partial charge < -0.3 is 20.1 Å². The van der Waals surface area contributed by atoms with Gasteiger partial charge in [0.2, 0.25) is 0 Å². The molecule has 0 fully saturated rings. The van der Waals surface area contributed by atoms with Gasteiger partial charge in [0.05, 0.1) is 29.6 Å². The van der Waals surface area contributed by atoms with Crippen LogP contribution >= 0.6 is 0 Å². The van der Waals surface area contributed by atoms with Crippen molar-refractivity contribution in [3.63, 3.8) is 0 Å². The molecule has 1 aliphatic heterocycles. The molecule has 7 heteroatoms. The molecule has 5 rings (SSSR count). The number of hydrogen-bond donors (Lipinski definition) is 2. The van der Waals surface area contributed by atoms with Gasteiger partial charge in [-0.15, -0.1) is 0 Å². The fraction of sp³-hybridized carbons (Fsp3) is 0.115. The Balaban J connectivity index is 1.50. The van der Waals surface area contributed by atoms with Crippen LogP contribution in [0, 0.1) is 0 Å². The van der Waals surface area contributed by atoms with Crippen molar-refractivity contribution < 1.29 is 19.1 Å². The Morgan fingerprint density at radius 1 is 1.06 bits per heavy atom. The zero-order valence-corrected chi connectivity index (χ0v) is 18.1. The van der Waals surface area contributed by atoms with Crippen LogP contribution in [0.2, 0.25) is 0 Å². The Kier molecular flexibility index (Phi) is 5.14. The van der Waals surface area contributed by atoms with E-state index in [0.29, 0.717) is 28.4 Å². The van der Waals surface area contributed by atoms with Crippen molar-refractivity contribution in [2.75, 3.05) is 17.7 Å². The van der Waals surface area contributed by atoms with Crippen LogP contribution in [-0.2, 0) is 4.79 Å². The van der Waals surface area contributed by atoms with Gasteiger partial charge in [-0.3, -0.25) is 9.59 Å². The monoisotopic (exact) mass is 439 g/mol. The number of nitrogens with zero attached hydrogens (tertiary/aromatic N) is 1. The van der Waals surface area contributed by atoms with Crippen LogP contribution < -0.4 is 20.1 Å². The molecular weight excluding hydrogens is 418 g/mol. The van der Waals surface area contributed by atoms with Gasteiger partial charge in [-0.1, -0.05) is 18.2 Å². The predicted octanol–water partition coefficient (Wildman–Crippen LogP) is 4.88. The topological polar surface area (TPSA) is 89.6 Å². The molecule has 3 aromatic carbocycles. The normalized spacial score (nSPS) is 14.7. The minimum absolute atomic E-state index is 0.227. The number of carbonyl (C=O) groups excluding carboxylic acids is 2. The summed E-state index contributed by atoms with van der Waals surface area (Å²) < 4.78 is 10.8. The summed E-state index contributed by atoms with van der Waals surface area (Å²) >= 11 is 0. The fourth-order valence-electron chi connectivity index (χ4n) is 3.76. The minimum atomic E-state index is -0.558. The predicted molar refractivity (Wildman–Crippen MR) is 127 cm³/mol. The lowest BCUT2D eigenvalue weighted by Crippen LogP contribution is -2.34. The molecule has 1 atom stereocenters. The molecule has 0 radical (unpaired) electrons. The maximum atomic E-state index is 13.3. The maximum Gasteiger partial charge on any atom is 0.265 e. The lowest BCUT2D eigenvalue weighted by atomic mass is 10.0. The first-order chi connectivity index (χ1) is 16.0. The molecule has 2 heterocycles. The first-order valence-electron chi connectivity index (χ1n) is 10.5. The van der Waals surface area contributed by atoms with E-state index in [-0.39, 0.29) is 11.8 Å². The second-order valence-electron chi connectivity index (χ2n) is 7.72. The van der Waals surface area contributed by atoms with Crippen molar-refractivity contribution in [3.05, 3.63) is 78.4 Å². The smallest absolute Gasteiger partial charge is 0.265 e. The van der Waals surface area contributed by atoms with Gasteiger partial charge in [0, 0.05) is 16.6 Å². The van der Waals surface area contributed by atoms with Gasteiger partial charge in [-0.2, -0.15) is 0 Å². The van der Waals surface area contributed by atoms with E-state index in [4.69, 9.17) is 14.5 Å². The average Bonchev–Trinajstić information content (AvgIpc) is 2.84. The molecule has 0 bridgehead atoms. The summed E-state index contributed by atoms with van der Waals surface area (Å²) in [6.45, 7) is 1.68. The summed E-state index contributed by atoms with van der Waals surface area (Å²) in [5.41, 5.74) is 3.84. The van der Waals surface area contributed by atoms with E-state index < -0.39 is 6.10 Å². The lowest BCUT2D eigenvalue weighted by molar-refractivity contribution is -0.122. The molecule has 1 aromatic heterocycles. The zero-order chi connectivity index (χ0) is 22.9. The van der Waals surface area contributed by atoms with Crippen molar-refractivity contribution in [1.82, 2.24) is 4.98 Å². The Bertz CT molecular complexity index is 1380. The first kappa shape index (κ1) is 20.5. The quantitative estimate of drug-likeness (QED) is 0.473. The number of aromatic nitrogens is 1. The van der Waals surface area contributed by atoms with Crippen LogP contribution in [0.5, 0.6) is 11.5 Å². The third-order valence-electron chi connectivity index (χ3n) is 5.51. The molecule has 0 saturated heterocycles. The van der Waals surface area contributed by atoms with Gasteiger partial charge in [-0.05, 0) is 61.5 Å². The number of rotatable bonds is 4. The van der Waals surface area contributed by atoms with E-state index in [1.807, 2.05) is 48.5 Å². The number of para-hydroxylation sites is 1. The molecule has 4 aromatic rings. The Labute approximate surface area is 190 Å².